The van der Waals surface area contributed by atoms with Crippen molar-refractivity contribution in [3.8, 4) is 0 Å². The van der Waals surface area contributed by atoms with E-state index in [1.54, 1.807) is 6.20 Å². The lowest BCUT2D eigenvalue weighted by molar-refractivity contribution is 0.223. The molecule has 21 heavy (non-hydrogen) atoms. The molecule has 0 aliphatic rings. The topological polar surface area (TPSA) is 48.9 Å². The number of fused-ring (bicyclic) bond motifs is 2. The SMILES string of the molecule is OC(c1cccc2ccccc12)c1c[nH]c2ncccc12. The Morgan fingerprint density at radius 1 is 0.857 bits per heavy atom. The van der Waals surface area contributed by atoms with Crippen molar-refractivity contribution in [2.24, 2.45) is 0 Å². The lowest BCUT2D eigenvalue weighted by Crippen LogP contribution is -1.99. The number of nitrogens with zero attached hydrogens (tertiary/aromatic N) is 1. The number of H-pyrrole nitrogens is 1. The highest BCUT2D eigenvalue weighted by molar-refractivity contribution is 5.88. The summed E-state index contributed by atoms with van der Waals surface area (Å²) in [5, 5.41) is 14.0. The zero-order chi connectivity index (χ0) is 14.2. The second-order valence-electron chi connectivity index (χ2n) is 5.11. The molecule has 102 valence electrons. The van der Waals surface area contributed by atoms with E-state index in [1.165, 1.54) is 0 Å². The second kappa shape index (κ2) is 4.72. The van der Waals surface area contributed by atoms with Crippen molar-refractivity contribution >= 4 is 21.8 Å². The molecule has 0 aliphatic heterocycles. The molecule has 1 unspecified atom stereocenters. The summed E-state index contributed by atoms with van der Waals surface area (Å²) in [5.74, 6) is 0. The lowest BCUT2D eigenvalue weighted by Gasteiger charge is -2.13. The number of benzene rings is 2. The number of aromatic nitrogens is 2. The molecule has 0 spiro atoms. The van der Waals surface area contributed by atoms with Crippen LogP contribution in [-0.2, 0) is 0 Å². The molecule has 0 saturated carbocycles. The predicted octanol–water partition coefficient (Wildman–Crippen LogP) is 3.80. The molecule has 1 atom stereocenters. The number of hydrogen-bond acceptors (Lipinski definition) is 2. The molecule has 2 heterocycles. The number of pyridine rings is 1. The summed E-state index contributed by atoms with van der Waals surface area (Å²) in [6.45, 7) is 0. The van der Waals surface area contributed by atoms with Gasteiger partial charge in [0.05, 0.1) is 0 Å². The predicted molar refractivity (Wildman–Crippen MR) is 84.1 cm³/mol. The maximum absolute atomic E-state index is 10.8. The van der Waals surface area contributed by atoms with Gasteiger partial charge >= 0.3 is 0 Å². The minimum Gasteiger partial charge on any atom is -0.384 e. The molecule has 0 radical (unpaired) electrons. The van der Waals surface area contributed by atoms with Crippen molar-refractivity contribution in [3.05, 3.63) is 78.1 Å². The first-order valence-electron chi connectivity index (χ1n) is 6.92. The summed E-state index contributed by atoms with van der Waals surface area (Å²) in [5.41, 5.74) is 2.57. The zero-order valence-corrected chi connectivity index (χ0v) is 11.3. The Bertz CT molecular complexity index is 921. The van der Waals surface area contributed by atoms with Gasteiger partial charge in [-0.15, -0.1) is 0 Å². The molecule has 0 saturated heterocycles. The minimum atomic E-state index is -0.672. The van der Waals surface area contributed by atoms with Gasteiger partial charge in [0.25, 0.3) is 0 Å². The molecule has 3 nitrogen and oxygen atoms in total. The van der Waals surface area contributed by atoms with Crippen LogP contribution < -0.4 is 0 Å². The molecular formula is C18H14N2O. The number of aromatic amines is 1. The van der Waals surface area contributed by atoms with E-state index in [4.69, 9.17) is 0 Å². The summed E-state index contributed by atoms with van der Waals surface area (Å²) in [7, 11) is 0. The van der Waals surface area contributed by atoms with E-state index in [2.05, 4.69) is 22.1 Å². The first kappa shape index (κ1) is 12.1. The van der Waals surface area contributed by atoms with Gasteiger partial charge in [-0.1, -0.05) is 42.5 Å². The van der Waals surface area contributed by atoms with Gasteiger partial charge in [0, 0.05) is 23.3 Å². The van der Waals surface area contributed by atoms with Gasteiger partial charge in [-0.3, -0.25) is 0 Å². The van der Waals surface area contributed by atoms with Crippen molar-refractivity contribution < 1.29 is 5.11 Å². The molecule has 0 aliphatic carbocycles. The van der Waals surface area contributed by atoms with Crippen molar-refractivity contribution in [2.75, 3.05) is 0 Å². The summed E-state index contributed by atoms with van der Waals surface area (Å²) in [6.07, 6.45) is 2.91. The first-order chi connectivity index (χ1) is 10.3. The van der Waals surface area contributed by atoms with Crippen molar-refractivity contribution in [1.82, 2.24) is 9.97 Å². The number of rotatable bonds is 2. The van der Waals surface area contributed by atoms with Crippen LogP contribution in [0.15, 0.2) is 67.0 Å². The van der Waals surface area contributed by atoms with Crippen LogP contribution in [0.25, 0.3) is 21.8 Å². The summed E-state index contributed by atoms with van der Waals surface area (Å²) >= 11 is 0. The number of nitrogens with one attached hydrogen (secondary N) is 1. The molecule has 0 fully saturated rings. The average molecular weight is 274 g/mol. The van der Waals surface area contributed by atoms with Crippen molar-refractivity contribution in [2.45, 2.75) is 6.10 Å². The fraction of sp³-hybridized carbons (Fsp3) is 0.0556. The highest BCUT2D eigenvalue weighted by Gasteiger charge is 2.17. The normalized spacial score (nSPS) is 12.8. The van der Waals surface area contributed by atoms with Crippen molar-refractivity contribution in [1.29, 1.82) is 0 Å². The lowest BCUT2D eigenvalue weighted by atomic mass is 9.96. The van der Waals surface area contributed by atoms with Gasteiger partial charge in [-0.05, 0) is 28.5 Å². The molecule has 2 aromatic heterocycles. The molecule has 0 bridgehead atoms. The summed E-state index contributed by atoms with van der Waals surface area (Å²) in [6, 6.07) is 18.0. The fourth-order valence-corrected chi connectivity index (χ4v) is 2.86. The first-order valence-corrected chi connectivity index (χ1v) is 6.92. The van der Waals surface area contributed by atoms with Gasteiger partial charge in [0.1, 0.15) is 11.8 Å². The Balaban J connectivity index is 1.92. The van der Waals surface area contributed by atoms with Gasteiger partial charge in [0.15, 0.2) is 0 Å². The third kappa shape index (κ3) is 1.90. The Morgan fingerprint density at radius 3 is 2.62 bits per heavy atom. The Morgan fingerprint density at radius 2 is 1.67 bits per heavy atom. The molecule has 3 heteroatoms. The molecular weight excluding hydrogens is 260 g/mol. The standard InChI is InChI=1S/C18H14N2O/c21-17(16-11-20-18-15(16)9-4-10-19-18)14-8-3-6-12-5-1-2-7-13(12)14/h1-11,17,21H,(H,19,20). The monoisotopic (exact) mass is 274 g/mol. The fourth-order valence-electron chi connectivity index (χ4n) is 2.86. The summed E-state index contributed by atoms with van der Waals surface area (Å²) in [4.78, 5) is 7.39. The van der Waals surface area contributed by atoms with Crippen LogP contribution in [0, 0.1) is 0 Å². The van der Waals surface area contributed by atoms with Gasteiger partial charge in [-0.25, -0.2) is 4.98 Å². The van der Waals surface area contributed by atoms with E-state index < -0.39 is 6.10 Å². The van der Waals surface area contributed by atoms with Crippen molar-refractivity contribution in [3.63, 3.8) is 0 Å². The Hall–Kier alpha value is -2.65. The molecule has 4 aromatic rings. The van der Waals surface area contributed by atoms with Crippen LogP contribution in [0.5, 0.6) is 0 Å². The molecule has 0 amide bonds. The molecule has 2 N–H and O–H groups in total. The van der Waals surface area contributed by atoms with Crippen LogP contribution in [-0.4, -0.2) is 15.1 Å². The van der Waals surface area contributed by atoms with Gasteiger partial charge in [0.2, 0.25) is 0 Å². The van der Waals surface area contributed by atoms with E-state index in [1.807, 2.05) is 48.7 Å². The number of aliphatic hydroxyl groups excluding tert-OH is 1. The van der Waals surface area contributed by atoms with Crippen LogP contribution >= 0.6 is 0 Å². The van der Waals surface area contributed by atoms with E-state index in [0.29, 0.717) is 0 Å². The number of hydrogen-bond donors (Lipinski definition) is 2. The highest BCUT2D eigenvalue weighted by Crippen LogP contribution is 2.32. The van der Waals surface area contributed by atoms with Crippen LogP contribution in [0.3, 0.4) is 0 Å². The van der Waals surface area contributed by atoms with Crippen LogP contribution in [0.2, 0.25) is 0 Å². The van der Waals surface area contributed by atoms with E-state index >= 15 is 0 Å². The minimum absolute atomic E-state index is 0.672. The maximum atomic E-state index is 10.8. The summed E-state index contributed by atoms with van der Waals surface area (Å²) < 4.78 is 0. The highest BCUT2D eigenvalue weighted by atomic mass is 16.3. The average Bonchev–Trinajstić information content (AvgIpc) is 2.98. The van der Waals surface area contributed by atoms with E-state index in [-0.39, 0.29) is 0 Å². The van der Waals surface area contributed by atoms with E-state index in [9.17, 15) is 5.11 Å². The largest absolute Gasteiger partial charge is 0.384 e. The van der Waals surface area contributed by atoms with E-state index in [0.717, 1.165) is 32.9 Å². The van der Waals surface area contributed by atoms with Gasteiger partial charge in [-0.2, -0.15) is 0 Å². The smallest absolute Gasteiger partial charge is 0.137 e. The third-order valence-corrected chi connectivity index (χ3v) is 3.90. The Labute approximate surface area is 121 Å². The quantitative estimate of drug-likeness (QED) is 0.584. The third-order valence-electron chi connectivity index (χ3n) is 3.90. The zero-order valence-electron chi connectivity index (χ0n) is 11.3. The Kier molecular flexibility index (Phi) is 2.72. The maximum Gasteiger partial charge on any atom is 0.137 e. The molecule has 2 aromatic carbocycles. The van der Waals surface area contributed by atoms with Gasteiger partial charge < -0.3 is 10.1 Å². The van der Waals surface area contributed by atoms with Crippen LogP contribution in [0.4, 0.5) is 0 Å². The second-order valence-corrected chi connectivity index (χ2v) is 5.11. The van der Waals surface area contributed by atoms with Crippen LogP contribution in [0.1, 0.15) is 17.2 Å². The number of aliphatic hydroxyl groups is 1. The molecule has 4 rings (SSSR count).